The van der Waals surface area contributed by atoms with E-state index in [2.05, 4.69) is 20.8 Å². The van der Waals surface area contributed by atoms with Crippen molar-refractivity contribution in [2.75, 3.05) is 0 Å². The van der Waals surface area contributed by atoms with Gasteiger partial charge >= 0.3 is 0 Å². The molecule has 0 amide bonds. The van der Waals surface area contributed by atoms with Gasteiger partial charge in [-0.05, 0) is 13.3 Å². The molecule has 1 nitrogen and oxygen atoms in total. The fourth-order valence-electron chi connectivity index (χ4n) is 0. The minimum absolute atomic E-state index is 0. The Bertz CT molecular complexity index is 45.5. The summed E-state index contributed by atoms with van der Waals surface area (Å²) in [5, 5.41) is 8.36. The molecule has 0 aliphatic carbocycles. The first-order chi connectivity index (χ1) is 4.54. The van der Waals surface area contributed by atoms with Crippen molar-refractivity contribution in [3.8, 4) is 0 Å². The molecule has 0 saturated carbocycles. The summed E-state index contributed by atoms with van der Waals surface area (Å²) < 4.78 is 0. The van der Waals surface area contributed by atoms with Crippen LogP contribution in [-0.4, -0.2) is 11.2 Å². The first kappa shape index (κ1) is 18.0. The average Bonchev–Trinajstić information content (AvgIpc) is 1.89. The first-order valence-corrected chi connectivity index (χ1v) is 4.01. The van der Waals surface area contributed by atoms with Gasteiger partial charge in [0.25, 0.3) is 0 Å². The largest absolute Gasteiger partial charge is 0.393 e. The van der Waals surface area contributed by atoms with Crippen molar-refractivity contribution in [2.24, 2.45) is 0 Å². The van der Waals surface area contributed by atoms with Gasteiger partial charge in [0.1, 0.15) is 0 Å². The van der Waals surface area contributed by atoms with Crippen LogP contribution in [0.2, 0.25) is 0 Å². The molecule has 0 aromatic heterocycles. The third kappa shape index (κ3) is 35.4. The monoisotopic (exact) mass is 234 g/mol. The summed E-state index contributed by atoms with van der Waals surface area (Å²) in [5.74, 6) is 1.50. The van der Waals surface area contributed by atoms with Crippen LogP contribution >= 0.6 is 0 Å². The second-order valence-corrected chi connectivity index (χ2v) is 2.82. The summed E-state index contributed by atoms with van der Waals surface area (Å²) in [6.45, 7) is 10.2. The van der Waals surface area contributed by atoms with E-state index in [1.54, 1.807) is 6.92 Å². The zero-order valence-corrected chi connectivity index (χ0v) is 11.4. The molecule has 0 spiro atoms. The van der Waals surface area contributed by atoms with Crippen LogP contribution in [0, 0.1) is 5.92 Å². The van der Waals surface area contributed by atoms with Crippen LogP contribution < -0.4 is 0 Å². The van der Waals surface area contributed by atoms with Crippen LogP contribution in [0.15, 0.2) is 0 Å². The van der Waals surface area contributed by atoms with Crippen LogP contribution in [-0.2, 0) is 32.7 Å². The molecule has 1 radical (unpaired) electrons. The SMILES string of the molecule is CCC(C)O.CC[C-](C)C.[Y]. The molecule has 11 heavy (non-hydrogen) atoms. The average molecular weight is 234 g/mol. The molecule has 0 heterocycles. The second-order valence-electron chi connectivity index (χ2n) is 2.82. The molecule has 0 aliphatic heterocycles. The first-order valence-electron chi connectivity index (χ1n) is 4.01. The van der Waals surface area contributed by atoms with E-state index in [9.17, 15) is 0 Å². The zero-order valence-electron chi connectivity index (χ0n) is 8.52. The summed E-state index contributed by atoms with van der Waals surface area (Å²) in [6, 6.07) is 0. The standard InChI is InChI=1S/C5H11.C4H10O.Y/c1-4-5(2)3;1-3-4(2)5;/h4H2,1-3H3;4-5H,3H2,1-2H3;/q-1;;. The minimum Gasteiger partial charge on any atom is -0.393 e. The van der Waals surface area contributed by atoms with Crippen LogP contribution in [0.5, 0.6) is 0 Å². The maximum absolute atomic E-state index is 8.36. The van der Waals surface area contributed by atoms with E-state index in [0.29, 0.717) is 0 Å². The molecule has 0 bridgehead atoms. The van der Waals surface area contributed by atoms with Crippen molar-refractivity contribution in [1.82, 2.24) is 0 Å². The Morgan fingerprint density at radius 1 is 1.27 bits per heavy atom. The van der Waals surface area contributed by atoms with Crippen LogP contribution in [0.3, 0.4) is 0 Å². The molecular weight excluding hydrogens is 213 g/mol. The van der Waals surface area contributed by atoms with E-state index in [-0.39, 0.29) is 38.8 Å². The van der Waals surface area contributed by atoms with Crippen molar-refractivity contribution in [2.45, 2.75) is 53.6 Å². The number of aliphatic hydroxyl groups is 1. The predicted molar refractivity (Wildman–Crippen MR) is 46.9 cm³/mol. The van der Waals surface area contributed by atoms with Gasteiger partial charge in [-0.3, -0.25) is 0 Å². The van der Waals surface area contributed by atoms with Gasteiger partial charge < -0.3 is 11.0 Å². The van der Waals surface area contributed by atoms with E-state index in [1.807, 2.05) is 6.92 Å². The molecule has 1 N–H and O–H groups in total. The van der Waals surface area contributed by atoms with E-state index in [1.165, 1.54) is 12.3 Å². The van der Waals surface area contributed by atoms with E-state index in [4.69, 9.17) is 5.11 Å². The topological polar surface area (TPSA) is 20.2 Å². The van der Waals surface area contributed by atoms with Crippen LogP contribution in [0.1, 0.15) is 47.5 Å². The van der Waals surface area contributed by atoms with Gasteiger partial charge in [0.15, 0.2) is 0 Å². The third-order valence-corrected chi connectivity index (χ3v) is 1.30. The molecule has 1 unspecified atom stereocenters. The Kier molecular flexibility index (Phi) is 22.3. The third-order valence-electron chi connectivity index (χ3n) is 1.30. The van der Waals surface area contributed by atoms with E-state index >= 15 is 0 Å². The number of hydrogen-bond acceptors (Lipinski definition) is 1. The summed E-state index contributed by atoms with van der Waals surface area (Å²) in [4.78, 5) is 0. The van der Waals surface area contributed by atoms with Gasteiger partial charge in [-0.25, -0.2) is 0 Å². The molecule has 1 atom stereocenters. The predicted octanol–water partition coefficient (Wildman–Crippen LogP) is 2.79. The normalized spacial score (nSPS) is 11.2. The maximum atomic E-state index is 8.36. The molecule has 0 saturated heterocycles. The van der Waals surface area contributed by atoms with E-state index < -0.39 is 0 Å². The quantitative estimate of drug-likeness (QED) is 0.728. The van der Waals surface area contributed by atoms with Crippen LogP contribution in [0.4, 0.5) is 0 Å². The van der Waals surface area contributed by atoms with E-state index in [0.717, 1.165) is 6.42 Å². The number of rotatable bonds is 2. The Morgan fingerprint density at radius 2 is 1.45 bits per heavy atom. The van der Waals surface area contributed by atoms with Gasteiger partial charge in [-0.2, -0.15) is 20.3 Å². The summed E-state index contributed by atoms with van der Waals surface area (Å²) in [6.07, 6.45) is 1.97. The molecule has 0 rings (SSSR count). The van der Waals surface area contributed by atoms with Crippen molar-refractivity contribution < 1.29 is 37.8 Å². The Balaban J connectivity index is -0.000000107. The van der Waals surface area contributed by atoms with Gasteiger partial charge in [-0.15, -0.1) is 0 Å². The van der Waals surface area contributed by atoms with Crippen molar-refractivity contribution >= 4 is 0 Å². The van der Waals surface area contributed by atoms with Gasteiger partial charge in [-0.1, -0.05) is 13.8 Å². The molecule has 0 fully saturated rings. The fraction of sp³-hybridized carbons (Fsp3) is 0.889. The fourth-order valence-corrected chi connectivity index (χ4v) is 0. The van der Waals surface area contributed by atoms with Crippen LogP contribution in [0.25, 0.3) is 0 Å². The molecule has 67 valence electrons. The summed E-state index contributed by atoms with van der Waals surface area (Å²) in [7, 11) is 0. The molecular formula is C9H21OY-. The minimum atomic E-state index is -0.116. The molecule has 0 aliphatic rings. The van der Waals surface area contributed by atoms with Gasteiger partial charge in [0.05, 0.1) is 6.10 Å². The number of aliphatic hydroxyl groups excluding tert-OH is 1. The number of hydrogen-bond donors (Lipinski definition) is 1. The van der Waals surface area contributed by atoms with Gasteiger partial charge in [0.2, 0.25) is 0 Å². The summed E-state index contributed by atoms with van der Waals surface area (Å²) >= 11 is 0. The zero-order chi connectivity index (χ0) is 8.57. The van der Waals surface area contributed by atoms with Crippen molar-refractivity contribution in [3.05, 3.63) is 5.92 Å². The van der Waals surface area contributed by atoms with Crippen molar-refractivity contribution in [1.29, 1.82) is 0 Å². The van der Waals surface area contributed by atoms with Crippen molar-refractivity contribution in [3.63, 3.8) is 0 Å². The van der Waals surface area contributed by atoms with Gasteiger partial charge in [0, 0.05) is 32.7 Å². The second kappa shape index (κ2) is 13.6. The molecule has 0 aromatic carbocycles. The Labute approximate surface area is 96.8 Å². The maximum Gasteiger partial charge on any atom is 0.0509 e. The smallest absolute Gasteiger partial charge is 0.0509 e. The molecule has 2 heteroatoms. The Hall–Kier alpha value is 1.06. The Morgan fingerprint density at radius 3 is 1.45 bits per heavy atom. The summed E-state index contributed by atoms with van der Waals surface area (Å²) in [5.41, 5.74) is 0. The molecule has 0 aromatic rings.